The molecule has 1 amide bonds. The number of amides is 1. The molecular formula is C30H34N4O3. The quantitative estimate of drug-likeness (QED) is 0.339. The minimum atomic E-state index is -0.470. The van der Waals surface area contributed by atoms with Gasteiger partial charge in [0.15, 0.2) is 5.58 Å². The molecule has 0 N–H and O–H groups in total. The standard InChI is InChI=1S/C30H34N4O3/c1-5-6-24-26(32-20-23-9-7-22(19-31)8-10-23)14-12-25-27(33-37-28(24)25)13-11-21-15-17-34(18-16-21)29(35)36-30(2,3)4/h5-10,12,14,20-21H,11,13,15-18H2,1-4H3/b6-5-,32-20+. The number of aromatic nitrogens is 1. The zero-order valence-corrected chi connectivity index (χ0v) is 22.0. The number of hydrogen-bond donors (Lipinski definition) is 0. The van der Waals surface area contributed by atoms with E-state index in [4.69, 9.17) is 14.5 Å². The number of rotatable bonds is 6. The highest BCUT2D eigenvalue weighted by atomic mass is 16.6. The van der Waals surface area contributed by atoms with E-state index < -0.39 is 5.60 Å². The highest BCUT2D eigenvalue weighted by molar-refractivity contribution is 5.94. The van der Waals surface area contributed by atoms with Crippen LogP contribution in [0.5, 0.6) is 0 Å². The minimum Gasteiger partial charge on any atom is -0.444 e. The number of carbonyl (C=O) groups is 1. The van der Waals surface area contributed by atoms with Crippen molar-refractivity contribution in [1.82, 2.24) is 10.1 Å². The molecule has 1 fully saturated rings. The Labute approximate surface area is 218 Å². The van der Waals surface area contributed by atoms with E-state index in [1.165, 1.54) is 0 Å². The Balaban J connectivity index is 1.42. The number of nitrogens with zero attached hydrogens (tertiary/aromatic N) is 4. The zero-order valence-electron chi connectivity index (χ0n) is 22.0. The van der Waals surface area contributed by atoms with Crippen molar-refractivity contribution in [2.75, 3.05) is 13.1 Å². The van der Waals surface area contributed by atoms with Crippen LogP contribution in [0.3, 0.4) is 0 Å². The van der Waals surface area contributed by atoms with E-state index in [9.17, 15) is 4.79 Å². The van der Waals surface area contributed by atoms with Crippen LogP contribution in [0, 0.1) is 17.2 Å². The van der Waals surface area contributed by atoms with E-state index in [0.717, 1.165) is 72.3 Å². The van der Waals surface area contributed by atoms with Gasteiger partial charge in [-0.2, -0.15) is 5.26 Å². The molecule has 0 bridgehead atoms. The lowest BCUT2D eigenvalue weighted by molar-refractivity contribution is 0.0181. The first-order valence-electron chi connectivity index (χ1n) is 12.8. The number of fused-ring (bicyclic) bond motifs is 1. The van der Waals surface area contributed by atoms with Crippen LogP contribution >= 0.6 is 0 Å². The second-order valence-corrected chi connectivity index (χ2v) is 10.4. The Morgan fingerprint density at radius 2 is 1.95 bits per heavy atom. The normalized spacial score (nSPS) is 15.1. The molecule has 7 heteroatoms. The van der Waals surface area contributed by atoms with Crippen LogP contribution in [0.25, 0.3) is 17.0 Å². The fourth-order valence-electron chi connectivity index (χ4n) is 4.54. The van der Waals surface area contributed by atoms with Gasteiger partial charge in [0.05, 0.1) is 23.0 Å². The Hall–Kier alpha value is -3.92. The van der Waals surface area contributed by atoms with Gasteiger partial charge in [0, 0.05) is 30.3 Å². The Kier molecular flexibility index (Phi) is 8.08. The molecule has 0 spiro atoms. The van der Waals surface area contributed by atoms with Crippen molar-refractivity contribution in [3.05, 3.63) is 64.9 Å². The second-order valence-electron chi connectivity index (χ2n) is 10.4. The molecule has 3 aromatic rings. The second kappa shape index (κ2) is 11.4. The zero-order chi connectivity index (χ0) is 26.4. The lowest BCUT2D eigenvalue weighted by atomic mass is 9.91. The minimum absolute atomic E-state index is 0.220. The molecule has 0 radical (unpaired) electrons. The largest absolute Gasteiger partial charge is 0.444 e. The van der Waals surface area contributed by atoms with Gasteiger partial charge in [-0.05, 0) is 89.1 Å². The fraction of sp³-hybridized carbons (Fsp3) is 0.400. The summed E-state index contributed by atoms with van der Waals surface area (Å²) in [6.45, 7) is 9.11. The smallest absolute Gasteiger partial charge is 0.410 e. The maximum Gasteiger partial charge on any atom is 0.410 e. The summed E-state index contributed by atoms with van der Waals surface area (Å²) in [4.78, 5) is 18.8. The molecule has 1 aromatic heterocycles. The molecule has 0 atom stereocenters. The van der Waals surface area contributed by atoms with Crippen LogP contribution in [-0.2, 0) is 11.2 Å². The molecule has 2 aromatic carbocycles. The molecule has 4 rings (SSSR count). The molecule has 1 saturated heterocycles. The average Bonchev–Trinajstić information content (AvgIpc) is 3.30. The van der Waals surface area contributed by atoms with Gasteiger partial charge in [0.2, 0.25) is 0 Å². The predicted octanol–water partition coefficient (Wildman–Crippen LogP) is 7.06. The highest BCUT2D eigenvalue weighted by Gasteiger charge is 2.27. The fourth-order valence-corrected chi connectivity index (χ4v) is 4.54. The third-order valence-corrected chi connectivity index (χ3v) is 6.51. The van der Waals surface area contributed by atoms with Gasteiger partial charge in [-0.3, -0.25) is 4.99 Å². The predicted molar refractivity (Wildman–Crippen MR) is 146 cm³/mol. The van der Waals surface area contributed by atoms with E-state index in [1.807, 2.05) is 69.0 Å². The number of ether oxygens (including phenoxy) is 1. The maximum absolute atomic E-state index is 12.3. The number of allylic oxidation sites excluding steroid dienone is 1. The van der Waals surface area contributed by atoms with Gasteiger partial charge in [-0.15, -0.1) is 0 Å². The summed E-state index contributed by atoms with van der Waals surface area (Å²) in [6, 6.07) is 13.5. The van der Waals surface area contributed by atoms with Crippen LogP contribution < -0.4 is 0 Å². The first-order valence-corrected chi connectivity index (χ1v) is 12.8. The molecule has 1 aliphatic rings. The molecule has 192 valence electrons. The summed E-state index contributed by atoms with van der Waals surface area (Å²) in [7, 11) is 0. The summed E-state index contributed by atoms with van der Waals surface area (Å²) in [5.41, 5.74) is 4.46. The summed E-state index contributed by atoms with van der Waals surface area (Å²) in [5, 5.41) is 14.4. The first-order chi connectivity index (χ1) is 17.8. The molecule has 37 heavy (non-hydrogen) atoms. The van der Waals surface area contributed by atoms with Crippen molar-refractivity contribution in [3.63, 3.8) is 0 Å². The van der Waals surface area contributed by atoms with Crippen molar-refractivity contribution >= 4 is 35.0 Å². The van der Waals surface area contributed by atoms with Gasteiger partial charge in [0.1, 0.15) is 5.60 Å². The van der Waals surface area contributed by atoms with Gasteiger partial charge in [0.25, 0.3) is 0 Å². The van der Waals surface area contributed by atoms with Gasteiger partial charge < -0.3 is 14.2 Å². The number of carbonyl (C=O) groups excluding carboxylic acids is 1. The van der Waals surface area contributed by atoms with Crippen molar-refractivity contribution in [2.24, 2.45) is 10.9 Å². The average molecular weight is 499 g/mol. The summed E-state index contributed by atoms with van der Waals surface area (Å²) in [5.74, 6) is 0.539. The van der Waals surface area contributed by atoms with Gasteiger partial charge >= 0.3 is 6.09 Å². The van der Waals surface area contributed by atoms with Crippen LogP contribution in [-0.4, -0.2) is 41.1 Å². The molecular weight excluding hydrogens is 464 g/mol. The monoisotopic (exact) mass is 498 g/mol. The SMILES string of the molecule is C/C=C\c1c(/N=C/c2ccc(C#N)cc2)ccc2c(CCC3CCN(C(=O)OC(C)(C)C)CC3)noc12. The number of nitriles is 1. The topological polar surface area (TPSA) is 91.7 Å². The van der Waals surface area contributed by atoms with Crippen LogP contribution in [0.15, 0.2) is 52.0 Å². The Morgan fingerprint density at radius 3 is 2.59 bits per heavy atom. The summed E-state index contributed by atoms with van der Waals surface area (Å²) < 4.78 is 11.3. The van der Waals surface area contributed by atoms with Crippen molar-refractivity contribution < 1.29 is 14.1 Å². The molecule has 0 saturated carbocycles. The molecule has 7 nitrogen and oxygen atoms in total. The first kappa shape index (κ1) is 26.2. The Bertz CT molecular complexity index is 1330. The van der Waals surface area contributed by atoms with Crippen molar-refractivity contribution in [2.45, 2.75) is 59.0 Å². The number of hydrogen-bond acceptors (Lipinski definition) is 6. The van der Waals surface area contributed by atoms with Gasteiger partial charge in [-0.25, -0.2) is 4.79 Å². The number of piperidine rings is 1. The van der Waals surface area contributed by atoms with Crippen LogP contribution in [0.1, 0.15) is 69.3 Å². The maximum atomic E-state index is 12.3. The lowest BCUT2D eigenvalue weighted by Crippen LogP contribution is -2.41. The van der Waals surface area contributed by atoms with Crippen molar-refractivity contribution in [3.8, 4) is 6.07 Å². The number of aliphatic imine (C=N–C) groups is 1. The molecule has 2 heterocycles. The summed E-state index contributed by atoms with van der Waals surface area (Å²) in [6.07, 6.45) is 9.29. The summed E-state index contributed by atoms with van der Waals surface area (Å²) >= 11 is 0. The van der Waals surface area contributed by atoms with Crippen molar-refractivity contribution in [1.29, 1.82) is 5.26 Å². The third-order valence-electron chi connectivity index (χ3n) is 6.51. The highest BCUT2D eigenvalue weighted by Crippen LogP contribution is 2.33. The number of aryl methyl sites for hydroxylation is 1. The van der Waals surface area contributed by atoms with E-state index in [1.54, 1.807) is 18.3 Å². The van der Waals surface area contributed by atoms with E-state index >= 15 is 0 Å². The van der Waals surface area contributed by atoms with Crippen LogP contribution in [0.2, 0.25) is 0 Å². The van der Waals surface area contributed by atoms with Gasteiger partial charge in [-0.1, -0.05) is 29.4 Å². The molecule has 1 aliphatic heterocycles. The lowest BCUT2D eigenvalue weighted by Gasteiger charge is -2.33. The number of benzene rings is 2. The van der Waals surface area contributed by atoms with E-state index in [0.29, 0.717) is 11.5 Å². The Morgan fingerprint density at radius 1 is 1.22 bits per heavy atom. The van der Waals surface area contributed by atoms with E-state index in [2.05, 4.69) is 16.2 Å². The number of likely N-dealkylation sites (tertiary alicyclic amines) is 1. The van der Waals surface area contributed by atoms with E-state index in [-0.39, 0.29) is 6.09 Å². The molecule has 0 unspecified atom stereocenters. The molecule has 0 aliphatic carbocycles. The third kappa shape index (κ3) is 6.65. The van der Waals surface area contributed by atoms with Crippen LogP contribution in [0.4, 0.5) is 10.5 Å².